The lowest BCUT2D eigenvalue weighted by Gasteiger charge is -2.11. The summed E-state index contributed by atoms with van der Waals surface area (Å²) < 4.78 is 1.96. The van der Waals surface area contributed by atoms with Gasteiger partial charge in [0.2, 0.25) is 5.91 Å². The van der Waals surface area contributed by atoms with Crippen molar-refractivity contribution < 1.29 is 9.59 Å². The smallest absolute Gasteiger partial charge is 0.251 e. The standard InChI is InChI=1S/C21H18N4O2/c22-12-11-20(26)24-19-6-2-1-5-17(19)15-23-21(27)16-7-9-18(10-8-16)25-13-3-4-14-25/h1-10,13-14H,11,15H2,(H,23,27)(H,24,26). The quantitative estimate of drug-likeness (QED) is 0.709. The van der Waals surface area contributed by atoms with E-state index in [4.69, 9.17) is 5.26 Å². The van der Waals surface area contributed by atoms with Crippen LogP contribution in [-0.2, 0) is 11.3 Å². The van der Waals surface area contributed by atoms with Gasteiger partial charge in [0, 0.05) is 35.9 Å². The molecule has 0 spiro atoms. The number of carbonyl (C=O) groups is 2. The number of hydrogen-bond acceptors (Lipinski definition) is 3. The summed E-state index contributed by atoms with van der Waals surface area (Å²) in [6.07, 6.45) is 3.66. The molecule has 0 saturated carbocycles. The van der Waals surface area contributed by atoms with Gasteiger partial charge in [0.05, 0.1) is 6.07 Å². The fourth-order valence-electron chi connectivity index (χ4n) is 2.63. The van der Waals surface area contributed by atoms with Crippen molar-refractivity contribution in [2.75, 3.05) is 5.32 Å². The number of carbonyl (C=O) groups excluding carboxylic acids is 2. The number of hydrogen-bond donors (Lipinski definition) is 2. The minimum absolute atomic E-state index is 0.202. The second-order valence-electron chi connectivity index (χ2n) is 5.86. The molecule has 2 amide bonds. The van der Waals surface area contributed by atoms with Crippen LogP contribution in [0.2, 0.25) is 0 Å². The molecule has 0 atom stereocenters. The van der Waals surface area contributed by atoms with Crippen LogP contribution in [0.25, 0.3) is 5.69 Å². The lowest BCUT2D eigenvalue weighted by molar-refractivity contribution is -0.115. The highest BCUT2D eigenvalue weighted by atomic mass is 16.2. The summed E-state index contributed by atoms with van der Waals surface area (Å²) in [6, 6.07) is 20.2. The molecule has 2 aromatic carbocycles. The number of benzene rings is 2. The van der Waals surface area contributed by atoms with E-state index in [0.29, 0.717) is 11.3 Å². The van der Waals surface area contributed by atoms with Gasteiger partial charge in [0.1, 0.15) is 6.42 Å². The van der Waals surface area contributed by atoms with E-state index in [9.17, 15) is 9.59 Å². The Morgan fingerprint density at radius 2 is 1.67 bits per heavy atom. The van der Waals surface area contributed by atoms with Gasteiger partial charge in [-0.05, 0) is 48.0 Å². The number of aromatic nitrogens is 1. The van der Waals surface area contributed by atoms with E-state index in [2.05, 4.69) is 10.6 Å². The molecule has 2 N–H and O–H groups in total. The van der Waals surface area contributed by atoms with Crippen LogP contribution in [0.1, 0.15) is 22.3 Å². The number of nitrogens with one attached hydrogen (secondary N) is 2. The fraction of sp³-hybridized carbons (Fsp3) is 0.0952. The zero-order valence-corrected chi connectivity index (χ0v) is 14.6. The van der Waals surface area contributed by atoms with Crippen LogP contribution in [-0.4, -0.2) is 16.4 Å². The molecular weight excluding hydrogens is 340 g/mol. The summed E-state index contributed by atoms with van der Waals surface area (Å²) in [7, 11) is 0. The summed E-state index contributed by atoms with van der Waals surface area (Å²) in [4.78, 5) is 24.0. The maximum Gasteiger partial charge on any atom is 0.251 e. The first kappa shape index (κ1) is 18.0. The van der Waals surface area contributed by atoms with Gasteiger partial charge in [-0.1, -0.05) is 18.2 Å². The van der Waals surface area contributed by atoms with E-state index in [1.54, 1.807) is 24.3 Å². The highest BCUT2D eigenvalue weighted by molar-refractivity contribution is 5.95. The third-order valence-electron chi connectivity index (χ3n) is 4.00. The van der Waals surface area contributed by atoms with Crippen molar-refractivity contribution in [3.05, 3.63) is 84.2 Å². The second-order valence-corrected chi connectivity index (χ2v) is 5.86. The van der Waals surface area contributed by atoms with E-state index in [0.717, 1.165) is 11.3 Å². The van der Waals surface area contributed by atoms with Gasteiger partial charge in [-0.3, -0.25) is 9.59 Å². The monoisotopic (exact) mass is 358 g/mol. The average molecular weight is 358 g/mol. The molecule has 0 fully saturated rings. The van der Waals surface area contributed by atoms with Gasteiger partial charge in [-0.15, -0.1) is 0 Å². The first-order valence-electron chi connectivity index (χ1n) is 8.43. The van der Waals surface area contributed by atoms with E-state index < -0.39 is 0 Å². The number of nitrogens with zero attached hydrogens (tertiary/aromatic N) is 2. The molecule has 0 aliphatic heterocycles. The van der Waals surface area contributed by atoms with Crippen LogP contribution < -0.4 is 10.6 Å². The molecule has 27 heavy (non-hydrogen) atoms. The van der Waals surface area contributed by atoms with Crippen molar-refractivity contribution in [1.29, 1.82) is 5.26 Å². The Labute approximate surface area is 157 Å². The summed E-state index contributed by atoms with van der Waals surface area (Å²) in [5.74, 6) is -0.580. The van der Waals surface area contributed by atoms with E-state index in [-0.39, 0.29) is 24.8 Å². The lowest BCUT2D eigenvalue weighted by Crippen LogP contribution is -2.23. The number of rotatable bonds is 6. The van der Waals surface area contributed by atoms with Crippen LogP contribution in [0.15, 0.2) is 73.1 Å². The van der Waals surface area contributed by atoms with Crippen molar-refractivity contribution in [2.45, 2.75) is 13.0 Å². The zero-order chi connectivity index (χ0) is 19.1. The minimum atomic E-state index is -0.378. The number of anilines is 1. The van der Waals surface area contributed by atoms with Crippen molar-refractivity contribution >= 4 is 17.5 Å². The number of para-hydroxylation sites is 1. The summed E-state index contributed by atoms with van der Waals surface area (Å²) in [6.45, 7) is 0.265. The molecule has 0 radical (unpaired) electrons. The van der Waals surface area contributed by atoms with Gasteiger partial charge in [0.15, 0.2) is 0 Å². The molecule has 134 valence electrons. The number of amides is 2. The van der Waals surface area contributed by atoms with Gasteiger partial charge in [-0.2, -0.15) is 5.26 Å². The third-order valence-corrected chi connectivity index (χ3v) is 4.00. The highest BCUT2D eigenvalue weighted by Crippen LogP contribution is 2.16. The van der Waals surface area contributed by atoms with E-state index >= 15 is 0 Å². The summed E-state index contributed by atoms with van der Waals surface area (Å²) in [5, 5.41) is 14.1. The topological polar surface area (TPSA) is 86.9 Å². The van der Waals surface area contributed by atoms with Crippen LogP contribution in [0, 0.1) is 11.3 Å². The highest BCUT2D eigenvalue weighted by Gasteiger charge is 2.09. The molecule has 0 bridgehead atoms. The zero-order valence-electron chi connectivity index (χ0n) is 14.6. The Hall–Kier alpha value is -3.85. The Bertz CT molecular complexity index is 970. The predicted molar refractivity (Wildman–Crippen MR) is 102 cm³/mol. The molecule has 6 heteroatoms. The van der Waals surface area contributed by atoms with Gasteiger partial charge in [-0.25, -0.2) is 0 Å². The molecule has 0 unspecified atom stereocenters. The maximum absolute atomic E-state index is 12.4. The third kappa shape index (κ3) is 4.61. The average Bonchev–Trinajstić information content (AvgIpc) is 3.22. The normalized spacial score (nSPS) is 10.0. The van der Waals surface area contributed by atoms with Crippen LogP contribution >= 0.6 is 0 Å². The van der Waals surface area contributed by atoms with Crippen molar-refractivity contribution in [1.82, 2.24) is 9.88 Å². The predicted octanol–water partition coefficient (Wildman–Crippen LogP) is 3.26. The Kier molecular flexibility index (Phi) is 5.65. The molecule has 1 heterocycles. The molecule has 6 nitrogen and oxygen atoms in total. The minimum Gasteiger partial charge on any atom is -0.348 e. The number of nitriles is 1. The molecule has 0 saturated heterocycles. The van der Waals surface area contributed by atoms with Crippen molar-refractivity contribution in [2.24, 2.45) is 0 Å². The van der Waals surface area contributed by atoms with Crippen molar-refractivity contribution in [3.63, 3.8) is 0 Å². The van der Waals surface area contributed by atoms with Gasteiger partial charge in [0.25, 0.3) is 5.91 Å². The van der Waals surface area contributed by atoms with Crippen LogP contribution in [0.3, 0.4) is 0 Å². The molecule has 3 rings (SSSR count). The Balaban J connectivity index is 1.64. The Morgan fingerprint density at radius 3 is 2.37 bits per heavy atom. The molecule has 0 aliphatic rings. The van der Waals surface area contributed by atoms with Gasteiger partial charge >= 0.3 is 0 Å². The second kappa shape index (κ2) is 8.50. The first-order valence-corrected chi connectivity index (χ1v) is 8.43. The molecule has 1 aromatic heterocycles. The van der Waals surface area contributed by atoms with E-state index in [1.807, 2.05) is 59.4 Å². The molecule has 3 aromatic rings. The van der Waals surface area contributed by atoms with Crippen molar-refractivity contribution in [3.8, 4) is 11.8 Å². The first-order chi connectivity index (χ1) is 13.2. The maximum atomic E-state index is 12.4. The van der Waals surface area contributed by atoms with Crippen LogP contribution in [0.4, 0.5) is 5.69 Å². The summed E-state index contributed by atoms with van der Waals surface area (Å²) >= 11 is 0. The van der Waals surface area contributed by atoms with E-state index in [1.165, 1.54) is 0 Å². The Morgan fingerprint density at radius 1 is 0.963 bits per heavy atom. The largest absolute Gasteiger partial charge is 0.348 e. The lowest BCUT2D eigenvalue weighted by atomic mass is 10.1. The fourth-order valence-corrected chi connectivity index (χ4v) is 2.63. The molecular formula is C21H18N4O2. The summed E-state index contributed by atoms with van der Waals surface area (Å²) in [5.41, 5.74) is 2.88. The SMILES string of the molecule is N#CCC(=O)Nc1ccccc1CNC(=O)c1ccc(-n2cccc2)cc1. The van der Waals surface area contributed by atoms with Crippen LogP contribution in [0.5, 0.6) is 0 Å². The molecule has 0 aliphatic carbocycles. The van der Waals surface area contributed by atoms with Gasteiger partial charge < -0.3 is 15.2 Å².